The molecule has 130 valence electrons. The first-order chi connectivity index (χ1) is 11.9. The van der Waals surface area contributed by atoms with Crippen molar-refractivity contribution >= 4 is 0 Å². The van der Waals surface area contributed by atoms with E-state index in [9.17, 15) is 0 Å². The fourth-order valence-corrected chi connectivity index (χ4v) is 3.13. The van der Waals surface area contributed by atoms with E-state index in [1.165, 1.54) is 62.5 Å². The Morgan fingerprint density at radius 3 is 2.12 bits per heavy atom. The predicted octanol–water partition coefficient (Wildman–Crippen LogP) is 6.06. The van der Waals surface area contributed by atoms with Gasteiger partial charge in [-0.2, -0.15) is 0 Å². The SMILES string of the molecule is COCCCCCCCCCCc1ccccc1-c1ccccn1. The van der Waals surface area contributed by atoms with Crippen LogP contribution in [-0.4, -0.2) is 18.7 Å². The van der Waals surface area contributed by atoms with Crippen LogP contribution in [0.1, 0.15) is 56.9 Å². The van der Waals surface area contributed by atoms with E-state index in [0.29, 0.717) is 0 Å². The number of hydrogen-bond acceptors (Lipinski definition) is 2. The highest BCUT2D eigenvalue weighted by Crippen LogP contribution is 2.23. The van der Waals surface area contributed by atoms with E-state index in [-0.39, 0.29) is 0 Å². The van der Waals surface area contributed by atoms with Crippen LogP contribution in [0.15, 0.2) is 48.7 Å². The van der Waals surface area contributed by atoms with Gasteiger partial charge in [0, 0.05) is 25.5 Å². The molecular weight excluding hydrogens is 294 g/mol. The Kier molecular flexibility index (Phi) is 9.18. The van der Waals surface area contributed by atoms with E-state index in [1.807, 2.05) is 12.3 Å². The van der Waals surface area contributed by atoms with Crippen LogP contribution in [0.4, 0.5) is 0 Å². The molecular formula is C22H31NO. The van der Waals surface area contributed by atoms with Gasteiger partial charge in [0.05, 0.1) is 5.69 Å². The second-order valence-corrected chi connectivity index (χ2v) is 6.44. The molecule has 24 heavy (non-hydrogen) atoms. The maximum atomic E-state index is 5.08. The molecule has 0 amide bonds. The Labute approximate surface area is 147 Å². The predicted molar refractivity (Wildman–Crippen MR) is 102 cm³/mol. The number of nitrogens with zero attached hydrogens (tertiary/aromatic N) is 1. The molecule has 0 spiro atoms. The average Bonchev–Trinajstić information content (AvgIpc) is 2.64. The zero-order chi connectivity index (χ0) is 16.9. The molecule has 0 atom stereocenters. The number of aromatic nitrogens is 1. The van der Waals surface area contributed by atoms with Gasteiger partial charge in [0.1, 0.15) is 0 Å². The number of pyridine rings is 1. The minimum Gasteiger partial charge on any atom is -0.385 e. The first-order valence-electron chi connectivity index (χ1n) is 9.40. The lowest BCUT2D eigenvalue weighted by Gasteiger charge is -2.09. The van der Waals surface area contributed by atoms with E-state index in [4.69, 9.17) is 4.74 Å². The van der Waals surface area contributed by atoms with E-state index in [2.05, 4.69) is 41.4 Å². The second-order valence-electron chi connectivity index (χ2n) is 6.44. The van der Waals surface area contributed by atoms with Crippen molar-refractivity contribution in [1.29, 1.82) is 0 Å². The topological polar surface area (TPSA) is 22.1 Å². The van der Waals surface area contributed by atoms with Gasteiger partial charge in [-0.3, -0.25) is 4.98 Å². The Hall–Kier alpha value is -1.67. The summed E-state index contributed by atoms with van der Waals surface area (Å²) in [6.45, 7) is 0.912. The minimum atomic E-state index is 0.912. The smallest absolute Gasteiger partial charge is 0.0704 e. The van der Waals surface area contributed by atoms with Gasteiger partial charge in [-0.25, -0.2) is 0 Å². The number of ether oxygens (including phenoxy) is 1. The van der Waals surface area contributed by atoms with E-state index in [0.717, 1.165) is 18.7 Å². The van der Waals surface area contributed by atoms with Crippen molar-refractivity contribution in [2.45, 2.75) is 57.8 Å². The highest BCUT2D eigenvalue weighted by molar-refractivity contribution is 5.63. The number of aryl methyl sites for hydroxylation is 1. The molecule has 2 heteroatoms. The third-order valence-electron chi connectivity index (χ3n) is 4.50. The normalized spacial score (nSPS) is 10.9. The Balaban J connectivity index is 1.65. The number of hydrogen-bond donors (Lipinski definition) is 0. The molecule has 1 aromatic carbocycles. The summed E-state index contributed by atoms with van der Waals surface area (Å²) in [4.78, 5) is 4.50. The lowest BCUT2D eigenvalue weighted by molar-refractivity contribution is 0.192. The number of methoxy groups -OCH3 is 1. The van der Waals surface area contributed by atoms with Crippen molar-refractivity contribution in [3.05, 3.63) is 54.2 Å². The third kappa shape index (κ3) is 6.84. The van der Waals surface area contributed by atoms with E-state index >= 15 is 0 Å². The van der Waals surface area contributed by atoms with Gasteiger partial charge in [0.15, 0.2) is 0 Å². The van der Waals surface area contributed by atoms with Gasteiger partial charge in [0.25, 0.3) is 0 Å². The Morgan fingerprint density at radius 2 is 1.42 bits per heavy atom. The van der Waals surface area contributed by atoms with Crippen molar-refractivity contribution in [2.75, 3.05) is 13.7 Å². The molecule has 0 aliphatic carbocycles. The zero-order valence-corrected chi connectivity index (χ0v) is 15.0. The second kappa shape index (κ2) is 11.8. The molecule has 1 heterocycles. The summed E-state index contributed by atoms with van der Waals surface area (Å²) in [6.07, 6.45) is 13.6. The summed E-state index contributed by atoms with van der Waals surface area (Å²) >= 11 is 0. The molecule has 2 rings (SSSR count). The molecule has 0 radical (unpaired) electrons. The summed E-state index contributed by atoms with van der Waals surface area (Å²) in [5, 5.41) is 0. The van der Waals surface area contributed by atoms with Crippen molar-refractivity contribution in [1.82, 2.24) is 4.98 Å². The van der Waals surface area contributed by atoms with Gasteiger partial charge >= 0.3 is 0 Å². The number of rotatable bonds is 12. The largest absolute Gasteiger partial charge is 0.385 e. The molecule has 0 saturated heterocycles. The Morgan fingerprint density at radius 1 is 0.750 bits per heavy atom. The third-order valence-corrected chi connectivity index (χ3v) is 4.50. The first-order valence-corrected chi connectivity index (χ1v) is 9.40. The van der Waals surface area contributed by atoms with Crippen LogP contribution >= 0.6 is 0 Å². The van der Waals surface area contributed by atoms with Crippen LogP contribution < -0.4 is 0 Å². The molecule has 0 aliphatic heterocycles. The lowest BCUT2D eigenvalue weighted by atomic mass is 9.98. The van der Waals surface area contributed by atoms with Crippen molar-refractivity contribution in [2.24, 2.45) is 0 Å². The number of unbranched alkanes of at least 4 members (excludes halogenated alkanes) is 7. The summed E-state index contributed by atoms with van der Waals surface area (Å²) < 4.78 is 5.08. The zero-order valence-electron chi connectivity index (χ0n) is 15.0. The highest BCUT2D eigenvalue weighted by atomic mass is 16.5. The molecule has 1 aromatic heterocycles. The fourth-order valence-electron chi connectivity index (χ4n) is 3.13. The van der Waals surface area contributed by atoms with Gasteiger partial charge in [-0.1, -0.05) is 68.9 Å². The van der Waals surface area contributed by atoms with Gasteiger partial charge in [-0.05, 0) is 37.0 Å². The van der Waals surface area contributed by atoms with Crippen molar-refractivity contribution in [3.63, 3.8) is 0 Å². The molecule has 0 unspecified atom stereocenters. The summed E-state index contributed by atoms with van der Waals surface area (Å²) in [5.74, 6) is 0. The molecule has 0 bridgehead atoms. The fraction of sp³-hybridized carbons (Fsp3) is 0.500. The number of benzene rings is 1. The van der Waals surface area contributed by atoms with Crippen LogP contribution in [-0.2, 0) is 11.2 Å². The molecule has 0 saturated carbocycles. The van der Waals surface area contributed by atoms with Crippen LogP contribution in [0.5, 0.6) is 0 Å². The summed E-state index contributed by atoms with van der Waals surface area (Å²) in [6, 6.07) is 14.8. The monoisotopic (exact) mass is 325 g/mol. The molecule has 2 aromatic rings. The van der Waals surface area contributed by atoms with Crippen LogP contribution in [0.25, 0.3) is 11.3 Å². The highest BCUT2D eigenvalue weighted by Gasteiger charge is 2.04. The lowest BCUT2D eigenvalue weighted by Crippen LogP contribution is -1.92. The quantitative estimate of drug-likeness (QED) is 0.443. The average molecular weight is 325 g/mol. The first kappa shape index (κ1) is 18.7. The van der Waals surface area contributed by atoms with E-state index in [1.54, 1.807) is 7.11 Å². The minimum absolute atomic E-state index is 0.912. The van der Waals surface area contributed by atoms with Gasteiger partial charge in [-0.15, -0.1) is 0 Å². The van der Waals surface area contributed by atoms with E-state index < -0.39 is 0 Å². The van der Waals surface area contributed by atoms with Gasteiger partial charge < -0.3 is 4.74 Å². The van der Waals surface area contributed by atoms with Crippen LogP contribution in [0.2, 0.25) is 0 Å². The maximum Gasteiger partial charge on any atom is 0.0704 e. The summed E-state index contributed by atoms with van der Waals surface area (Å²) in [7, 11) is 1.78. The van der Waals surface area contributed by atoms with Crippen LogP contribution in [0, 0.1) is 0 Å². The summed E-state index contributed by atoms with van der Waals surface area (Å²) in [5.41, 5.74) is 3.80. The molecule has 2 nitrogen and oxygen atoms in total. The maximum absolute atomic E-state index is 5.08. The standard InChI is InChI=1S/C22H31NO/c1-24-19-13-7-5-3-2-4-6-8-14-20-15-9-10-16-21(20)22-17-11-12-18-23-22/h9-12,15-18H,2-8,13-14,19H2,1H3. The Bertz CT molecular complexity index is 553. The van der Waals surface area contributed by atoms with Crippen LogP contribution in [0.3, 0.4) is 0 Å². The molecule has 0 aliphatic rings. The molecule has 0 fully saturated rings. The van der Waals surface area contributed by atoms with Gasteiger partial charge in [0.2, 0.25) is 0 Å². The molecule has 0 N–H and O–H groups in total. The van der Waals surface area contributed by atoms with Crippen molar-refractivity contribution in [3.8, 4) is 11.3 Å². The van der Waals surface area contributed by atoms with Crippen molar-refractivity contribution < 1.29 is 4.74 Å².